The zero-order valence-corrected chi connectivity index (χ0v) is 12.9. The van der Waals surface area contributed by atoms with Gasteiger partial charge in [-0.3, -0.25) is 9.36 Å². The summed E-state index contributed by atoms with van der Waals surface area (Å²) in [4.78, 5) is 20.4. The van der Waals surface area contributed by atoms with E-state index in [1.807, 2.05) is 13.8 Å². The van der Waals surface area contributed by atoms with E-state index in [4.69, 9.17) is 0 Å². The highest BCUT2D eigenvalue weighted by Gasteiger charge is 2.17. The normalized spacial score (nSPS) is 12.4. The smallest absolute Gasteiger partial charge is 0.251 e. The zero-order valence-electron chi connectivity index (χ0n) is 12.9. The fourth-order valence-corrected chi connectivity index (χ4v) is 2.39. The van der Waals surface area contributed by atoms with Crippen molar-refractivity contribution in [2.24, 2.45) is 5.92 Å². The van der Waals surface area contributed by atoms with Gasteiger partial charge in [0, 0.05) is 30.7 Å². The Morgan fingerprint density at radius 3 is 2.77 bits per heavy atom. The van der Waals surface area contributed by atoms with Crippen LogP contribution >= 0.6 is 0 Å². The van der Waals surface area contributed by atoms with Crippen LogP contribution in [-0.4, -0.2) is 38.2 Å². The van der Waals surface area contributed by atoms with Crippen molar-refractivity contribution >= 4 is 5.91 Å². The van der Waals surface area contributed by atoms with Crippen LogP contribution in [0.4, 0.5) is 0 Å². The second kappa shape index (κ2) is 7.70. The molecule has 0 spiro atoms. The predicted octanol–water partition coefficient (Wildman–Crippen LogP) is 1.79. The lowest BCUT2D eigenvalue weighted by Gasteiger charge is -2.20. The van der Waals surface area contributed by atoms with Crippen molar-refractivity contribution in [1.29, 1.82) is 0 Å². The van der Waals surface area contributed by atoms with Gasteiger partial charge in [-0.25, -0.2) is 9.97 Å². The molecule has 6 heteroatoms. The summed E-state index contributed by atoms with van der Waals surface area (Å²) < 4.78 is 1.73. The molecule has 1 atom stereocenters. The molecule has 2 aromatic heterocycles. The summed E-state index contributed by atoms with van der Waals surface area (Å²) in [5.74, 6) is 0.624. The molecule has 22 heavy (non-hydrogen) atoms. The molecule has 0 fully saturated rings. The van der Waals surface area contributed by atoms with Crippen LogP contribution in [0, 0.1) is 5.92 Å². The number of aliphatic hydroxyl groups is 1. The van der Waals surface area contributed by atoms with Crippen molar-refractivity contribution in [3.8, 4) is 5.82 Å². The van der Waals surface area contributed by atoms with E-state index < -0.39 is 6.10 Å². The Labute approximate surface area is 130 Å². The first kappa shape index (κ1) is 16.2. The molecule has 0 aromatic carbocycles. The van der Waals surface area contributed by atoms with Gasteiger partial charge in [0.15, 0.2) is 0 Å². The number of aromatic nitrogens is 3. The Bertz CT molecular complexity index is 594. The molecule has 2 N–H and O–H groups in total. The number of hydrogen-bond donors (Lipinski definition) is 2. The molecule has 0 bridgehead atoms. The van der Waals surface area contributed by atoms with Crippen LogP contribution in [0.25, 0.3) is 5.82 Å². The third-order valence-electron chi connectivity index (χ3n) is 3.84. The van der Waals surface area contributed by atoms with Crippen LogP contribution in [0.3, 0.4) is 0 Å². The second-order valence-corrected chi connectivity index (χ2v) is 5.23. The summed E-state index contributed by atoms with van der Waals surface area (Å²) in [6.07, 6.45) is 7.90. The number of rotatable bonds is 7. The molecule has 0 saturated carbocycles. The molecule has 1 amide bonds. The van der Waals surface area contributed by atoms with Crippen LogP contribution in [0.15, 0.2) is 37.1 Å². The number of aliphatic hydroxyl groups excluding tert-OH is 1. The minimum atomic E-state index is -0.520. The Kier molecular flexibility index (Phi) is 5.66. The number of pyridine rings is 1. The van der Waals surface area contributed by atoms with Crippen LogP contribution in [0.2, 0.25) is 0 Å². The highest BCUT2D eigenvalue weighted by atomic mass is 16.3. The van der Waals surface area contributed by atoms with Gasteiger partial charge in [-0.15, -0.1) is 0 Å². The van der Waals surface area contributed by atoms with Crippen LogP contribution in [0.1, 0.15) is 37.0 Å². The monoisotopic (exact) mass is 302 g/mol. The van der Waals surface area contributed by atoms with Gasteiger partial charge in [-0.2, -0.15) is 0 Å². The number of amides is 1. The lowest BCUT2D eigenvalue weighted by molar-refractivity contribution is 0.0816. The SMILES string of the molecule is CCC(CC)C(O)CNC(=O)c1ccnc(-n2ccnc2)c1. The molecule has 2 aromatic rings. The Hall–Kier alpha value is -2.21. The van der Waals surface area contributed by atoms with Crippen molar-refractivity contribution < 1.29 is 9.90 Å². The molecule has 2 rings (SSSR count). The van der Waals surface area contributed by atoms with Gasteiger partial charge in [0.2, 0.25) is 0 Å². The number of imidazole rings is 1. The fourth-order valence-electron chi connectivity index (χ4n) is 2.39. The van der Waals surface area contributed by atoms with Gasteiger partial charge < -0.3 is 10.4 Å². The largest absolute Gasteiger partial charge is 0.391 e. The molecular weight excluding hydrogens is 280 g/mol. The van der Waals surface area contributed by atoms with Gasteiger partial charge >= 0.3 is 0 Å². The third kappa shape index (κ3) is 3.92. The molecule has 1 unspecified atom stereocenters. The second-order valence-electron chi connectivity index (χ2n) is 5.23. The molecule has 0 saturated heterocycles. The Morgan fingerprint density at radius 1 is 1.36 bits per heavy atom. The van der Waals surface area contributed by atoms with E-state index in [0.29, 0.717) is 11.4 Å². The van der Waals surface area contributed by atoms with Crippen LogP contribution in [-0.2, 0) is 0 Å². The number of nitrogens with zero attached hydrogens (tertiary/aromatic N) is 3. The first-order chi connectivity index (χ1) is 10.7. The maximum Gasteiger partial charge on any atom is 0.251 e. The van der Waals surface area contributed by atoms with Crippen molar-refractivity contribution in [3.63, 3.8) is 0 Å². The van der Waals surface area contributed by atoms with Gasteiger partial charge in [0.25, 0.3) is 5.91 Å². The minimum absolute atomic E-state index is 0.208. The van der Waals surface area contributed by atoms with Gasteiger partial charge in [0.1, 0.15) is 12.1 Å². The standard InChI is InChI=1S/C16H22N4O2/c1-3-12(4-2)14(21)10-19-16(22)13-5-6-18-15(9-13)20-8-7-17-11-20/h5-9,11-12,14,21H,3-4,10H2,1-2H3,(H,19,22). The van der Waals surface area contributed by atoms with Crippen molar-refractivity contribution in [3.05, 3.63) is 42.6 Å². The van der Waals surface area contributed by atoms with E-state index in [-0.39, 0.29) is 18.4 Å². The lowest BCUT2D eigenvalue weighted by Crippen LogP contribution is -2.36. The highest BCUT2D eigenvalue weighted by Crippen LogP contribution is 2.12. The maximum atomic E-state index is 12.2. The van der Waals surface area contributed by atoms with E-state index in [9.17, 15) is 9.90 Å². The van der Waals surface area contributed by atoms with Crippen molar-refractivity contribution in [1.82, 2.24) is 19.9 Å². The van der Waals surface area contributed by atoms with Crippen molar-refractivity contribution in [2.75, 3.05) is 6.54 Å². The fraction of sp³-hybridized carbons (Fsp3) is 0.438. The highest BCUT2D eigenvalue weighted by molar-refractivity contribution is 5.94. The molecule has 0 aliphatic carbocycles. The molecular formula is C16H22N4O2. The average Bonchev–Trinajstić information content (AvgIpc) is 3.08. The average molecular weight is 302 g/mol. The Morgan fingerprint density at radius 2 is 2.14 bits per heavy atom. The molecule has 0 radical (unpaired) electrons. The summed E-state index contributed by atoms with van der Waals surface area (Å²) in [6.45, 7) is 4.34. The molecule has 0 aliphatic rings. The number of hydrogen-bond acceptors (Lipinski definition) is 4. The van der Waals surface area contributed by atoms with E-state index >= 15 is 0 Å². The minimum Gasteiger partial charge on any atom is -0.391 e. The molecule has 2 heterocycles. The topological polar surface area (TPSA) is 80.0 Å². The van der Waals surface area contributed by atoms with Gasteiger partial charge in [0.05, 0.1) is 6.10 Å². The van der Waals surface area contributed by atoms with Gasteiger partial charge in [-0.1, -0.05) is 26.7 Å². The summed E-state index contributed by atoms with van der Waals surface area (Å²) in [5, 5.41) is 12.8. The molecule has 118 valence electrons. The Balaban J connectivity index is 2.00. The van der Waals surface area contributed by atoms with Gasteiger partial charge in [-0.05, 0) is 18.1 Å². The maximum absolute atomic E-state index is 12.2. The first-order valence-corrected chi connectivity index (χ1v) is 7.56. The zero-order chi connectivity index (χ0) is 15.9. The van der Waals surface area contributed by atoms with E-state index in [0.717, 1.165) is 12.8 Å². The third-order valence-corrected chi connectivity index (χ3v) is 3.84. The molecule has 6 nitrogen and oxygen atoms in total. The van der Waals surface area contributed by atoms with E-state index in [2.05, 4.69) is 15.3 Å². The van der Waals surface area contributed by atoms with Crippen LogP contribution in [0.5, 0.6) is 0 Å². The summed E-state index contributed by atoms with van der Waals surface area (Å²) in [7, 11) is 0. The number of carbonyl (C=O) groups is 1. The predicted molar refractivity (Wildman–Crippen MR) is 83.8 cm³/mol. The lowest BCUT2D eigenvalue weighted by atomic mass is 9.96. The van der Waals surface area contributed by atoms with Crippen molar-refractivity contribution in [2.45, 2.75) is 32.8 Å². The van der Waals surface area contributed by atoms with E-state index in [1.54, 1.807) is 41.6 Å². The molecule has 0 aliphatic heterocycles. The summed E-state index contributed by atoms with van der Waals surface area (Å²) in [6, 6.07) is 3.35. The summed E-state index contributed by atoms with van der Waals surface area (Å²) in [5.41, 5.74) is 0.510. The summed E-state index contributed by atoms with van der Waals surface area (Å²) >= 11 is 0. The van der Waals surface area contributed by atoms with E-state index in [1.165, 1.54) is 0 Å². The number of nitrogens with one attached hydrogen (secondary N) is 1. The van der Waals surface area contributed by atoms with Crippen LogP contribution < -0.4 is 5.32 Å². The number of carbonyl (C=O) groups excluding carboxylic acids is 1. The first-order valence-electron chi connectivity index (χ1n) is 7.56. The quantitative estimate of drug-likeness (QED) is 0.817.